The lowest BCUT2D eigenvalue weighted by atomic mass is 10.2. The fourth-order valence-electron chi connectivity index (χ4n) is 2.76. The highest BCUT2D eigenvalue weighted by atomic mass is 35.5. The molecular formula is C22H20Cl2N2O6S. The van der Waals surface area contributed by atoms with Crippen LogP contribution in [0.4, 0.5) is 0 Å². The molecule has 174 valence electrons. The fourth-order valence-corrected chi connectivity index (χ4v) is 3.87. The van der Waals surface area contributed by atoms with E-state index in [9.17, 15) is 9.90 Å². The van der Waals surface area contributed by atoms with E-state index in [0.717, 1.165) is 11.8 Å². The Labute approximate surface area is 204 Å². The monoisotopic (exact) mass is 510 g/mol. The van der Waals surface area contributed by atoms with Crippen LogP contribution >= 0.6 is 35.0 Å². The minimum absolute atomic E-state index is 0.0264. The van der Waals surface area contributed by atoms with E-state index in [1.165, 1.54) is 20.3 Å². The molecule has 3 rings (SSSR count). The van der Waals surface area contributed by atoms with Gasteiger partial charge >= 0.3 is 5.97 Å². The number of hydrogen-bond acceptors (Lipinski definition) is 8. The Balaban J connectivity index is 1.92. The number of benzene rings is 2. The second kappa shape index (κ2) is 10.8. The molecule has 0 radical (unpaired) electrons. The van der Waals surface area contributed by atoms with Gasteiger partial charge in [0.15, 0.2) is 11.5 Å². The van der Waals surface area contributed by atoms with Crippen LogP contribution in [0.1, 0.15) is 19.4 Å². The molecular weight excluding hydrogens is 491 g/mol. The van der Waals surface area contributed by atoms with Crippen molar-refractivity contribution in [1.82, 2.24) is 10.2 Å². The molecule has 0 atom stereocenters. The highest BCUT2D eigenvalue weighted by Crippen LogP contribution is 2.39. The predicted octanol–water partition coefficient (Wildman–Crippen LogP) is 6.07. The summed E-state index contributed by atoms with van der Waals surface area (Å²) in [7, 11) is 2.98. The molecule has 0 aliphatic carbocycles. The fraction of sp³-hybridized carbons (Fsp3) is 0.227. The summed E-state index contributed by atoms with van der Waals surface area (Å²) in [5.74, 6) is 0.205. The van der Waals surface area contributed by atoms with Gasteiger partial charge in [0.1, 0.15) is 10.7 Å². The van der Waals surface area contributed by atoms with Crippen molar-refractivity contribution in [3.63, 3.8) is 0 Å². The molecule has 2 aromatic carbocycles. The summed E-state index contributed by atoms with van der Waals surface area (Å²) >= 11 is 13.2. The van der Waals surface area contributed by atoms with Crippen molar-refractivity contribution in [2.75, 3.05) is 14.2 Å². The van der Waals surface area contributed by atoms with E-state index < -0.39 is 5.97 Å². The maximum atomic E-state index is 11.9. The number of aliphatic carboxylic acids is 1. The normalized spacial score (nSPS) is 11.5. The van der Waals surface area contributed by atoms with Gasteiger partial charge in [-0.3, -0.25) is 0 Å². The summed E-state index contributed by atoms with van der Waals surface area (Å²) in [6.07, 6.45) is 1.30. The predicted molar refractivity (Wildman–Crippen MR) is 127 cm³/mol. The number of carboxylic acid groups (broad SMARTS) is 1. The summed E-state index contributed by atoms with van der Waals surface area (Å²) in [6, 6.07) is 8.16. The van der Waals surface area contributed by atoms with Gasteiger partial charge in [-0.05, 0) is 67.6 Å². The first-order valence-electron chi connectivity index (χ1n) is 9.56. The molecule has 1 N–H and O–H groups in total. The maximum absolute atomic E-state index is 11.9. The third-order valence-electron chi connectivity index (χ3n) is 4.11. The molecule has 0 unspecified atom stereocenters. The standard InChI is InChI=1S/C22H20Cl2N2O6S/c1-11(2)31-19-15(24)7-12(8-17(19)30-4)9-18(21(27)28)33-22-26-25-20(32-22)14-10-13(23)5-6-16(14)29-3/h5-11H,1-4H3,(H,27,28)/b18-9-. The van der Waals surface area contributed by atoms with Crippen molar-refractivity contribution in [3.05, 3.63) is 50.8 Å². The summed E-state index contributed by atoms with van der Waals surface area (Å²) in [5, 5.41) is 18.4. The molecule has 0 spiro atoms. The van der Waals surface area contributed by atoms with Crippen LogP contribution < -0.4 is 14.2 Å². The van der Waals surface area contributed by atoms with Gasteiger partial charge in [0, 0.05) is 5.02 Å². The van der Waals surface area contributed by atoms with Gasteiger partial charge in [0.05, 0.1) is 30.9 Å². The van der Waals surface area contributed by atoms with Crippen LogP contribution in [0.15, 0.2) is 44.9 Å². The lowest BCUT2D eigenvalue weighted by Gasteiger charge is -2.15. The number of ether oxygens (including phenoxy) is 3. The molecule has 0 aliphatic heterocycles. The van der Waals surface area contributed by atoms with Gasteiger partial charge in [-0.2, -0.15) is 0 Å². The van der Waals surface area contributed by atoms with E-state index in [1.807, 2.05) is 13.8 Å². The number of methoxy groups -OCH3 is 2. The summed E-state index contributed by atoms with van der Waals surface area (Å²) in [4.78, 5) is 11.8. The Morgan fingerprint density at radius 1 is 1.12 bits per heavy atom. The van der Waals surface area contributed by atoms with Crippen molar-refractivity contribution in [3.8, 4) is 28.7 Å². The third-order valence-corrected chi connectivity index (χ3v) is 5.48. The minimum Gasteiger partial charge on any atom is -0.496 e. The smallest absolute Gasteiger partial charge is 0.342 e. The minimum atomic E-state index is -1.18. The van der Waals surface area contributed by atoms with Gasteiger partial charge in [-0.15, -0.1) is 10.2 Å². The van der Waals surface area contributed by atoms with Crippen molar-refractivity contribution in [2.45, 2.75) is 25.2 Å². The van der Waals surface area contributed by atoms with Gasteiger partial charge < -0.3 is 23.7 Å². The van der Waals surface area contributed by atoms with Gasteiger partial charge in [0.2, 0.25) is 0 Å². The van der Waals surface area contributed by atoms with Crippen LogP contribution in [0.25, 0.3) is 17.5 Å². The molecule has 0 saturated carbocycles. The molecule has 11 heteroatoms. The number of nitrogens with zero attached hydrogens (tertiary/aromatic N) is 2. The Hall–Kier alpha value is -2.88. The largest absolute Gasteiger partial charge is 0.496 e. The summed E-state index contributed by atoms with van der Waals surface area (Å²) in [6.45, 7) is 3.72. The lowest BCUT2D eigenvalue weighted by molar-refractivity contribution is -0.131. The van der Waals surface area contributed by atoms with Crippen molar-refractivity contribution in [1.29, 1.82) is 0 Å². The van der Waals surface area contributed by atoms with Crippen LogP contribution in [0.2, 0.25) is 10.0 Å². The number of thioether (sulfide) groups is 1. The lowest BCUT2D eigenvalue weighted by Crippen LogP contribution is -2.07. The van der Waals surface area contributed by atoms with E-state index >= 15 is 0 Å². The van der Waals surface area contributed by atoms with Crippen molar-refractivity contribution >= 4 is 47.0 Å². The first-order valence-corrected chi connectivity index (χ1v) is 11.1. The highest BCUT2D eigenvalue weighted by molar-refractivity contribution is 8.03. The molecule has 0 bridgehead atoms. The number of halogens is 2. The first-order chi connectivity index (χ1) is 15.7. The zero-order valence-electron chi connectivity index (χ0n) is 18.1. The number of aromatic nitrogens is 2. The van der Waals surface area contributed by atoms with Crippen LogP contribution in [-0.4, -0.2) is 41.6 Å². The van der Waals surface area contributed by atoms with E-state index in [2.05, 4.69) is 10.2 Å². The van der Waals surface area contributed by atoms with E-state index in [4.69, 9.17) is 41.8 Å². The molecule has 1 heterocycles. The SMILES string of the molecule is COc1ccc(Cl)cc1-c1nnc(S/C(=C\c2cc(Cl)c(OC(C)C)c(OC)c2)C(=O)O)o1. The third kappa shape index (κ3) is 6.13. The average Bonchev–Trinajstić information content (AvgIpc) is 3.23. The topological polar surface area (TPSA) is 104 Å². The molecule has 0 aliphatic rings. The molecule has 33 heavy (non-hydrogen) atoms. The number of hydrogen-bond donors (Lipinski definition) is 1. The van der Waals surface area contributed by atoms with Gasteiger partial charge in [-0.1, -0.05) is 23.2 Å². The number of rotatable bonds is 9. The molecule has 0 amide bonds. The quantitative estimate of drug-likeness (QED) is 0.271. The van der Waals surface area contributed by atoms with Crippen LogP contribution in [0.3, 0.4) is 0 Å². The zero-order chi connectivity index (χ0) is 24.1. The maximum Gasteiger partial charge on any atom is 0.342 e. The highest BCUT2D eigenvalue weighted by Gasteiger charge is 2.19. The van der Waals surface area contributed by atoms with E-state index in [-0.39, 0.29) is 27.1 Å². The molecule has 3 aromatic rings. The Kier molecular flexibility index (Phi) is 8.12. The van der Waals surface area contributed by atoms with Crippen molar-refractivity contribution in [2.24, 2.45) is 0 Å². The molecule has 0 fully saturated rings. The van der Waals surface area contributed by atoms with Crippen LogP contribution in [0.5, 0.6) is 17.2 Å². The van der Waals surface area contributed by atoms with E-state index in [1.54, 1.807) is 30.3 Å². The summed E-state index contributed by atoms with van der Waals surface area (Å²) in [5.41, 5.74) is 0.983. The number of carbonyl (C=O) groups is 1. The Bertz CT molecular complexity index is 1200. The molecule has 8 nitrogen and oxygen atoms in total. The van der Waals surface area contributed by atoms with Gasteiger partial charge in [0.25, 0.3) is 11.1 Å². The molecule has 1 aromatic heterocycles. The zero-order valence-corrected chi connectivity index (χ0v) is 20.4. The Morgan fingerprint density at radius 2 is 1.85 bits per heavy atom. The summed E-state index contributed by atoms with van der Waals surface area (Å²) < 4.78 is 22.0. The van der Waals surface area contributed by atoms with E-state index in [0.29, 0.717) is 33.4 Å². The van der Waals surface area contributed by atoms with Crippen LogP contribution in [0, 0.1) is 0 Å². The second-order valence-electron chi connectivity index (χ2n) is 6.83. The Morgan fingerprint density at radius 3 is 2.48 bits per heavy atom. The molecule has 0 saturated heterocycles. The number of carboxylic acids is 1. The van der Waals surface area contributed by atoms with Crippen molar-refractivity contribution < 1.29 is 28.5 Å². The second-order valence-corrected chi connectivity index (χ2v) is 8.67. The van der Waals surface area contributed by atoms with Gasteiger partial charge in [-0.25, -0.2) is 4.79 Å². The average molecular weight is 511 g/mol. The van der Waals surface area contributed by atoms with Crippen LogP contribution in [-0.2, 0) is 4.79 Å². The first kappa shape index (κ1) is 24.8.